The Labute approximate surface area is 164 Å². The highest BCUT2D eigenvalue weighted by molar-refractivity contribution is 5.93. The van der Waals surface area contributed by atoms with Crippen LogP contribution in [0.4, 0.5) is 4.79 Å². The van der Waals surface area contributed by atoms with E-state index >= 15 is 0 Å². The minimum Gasteiger partial charge on any atom is -0.352 e. The molecule has 0 radical (unpaired) electrons. The molecule has 0 saturated carbocycles. The van der Waals surface area contributed by atoms with Crippen molar-refractivity contribution in [3.05, 3.63) is 78.1 Å². The average Bonchev–Trinajstić information content (AvgIpc) is 3.40. The van der Waals surface area contributed by atoms with Gasteiger partial charge >= 0.3 is 6.03 Å². The summed E-state index contributed by atoms with van der Waals surface area (Å²) in [6.45, 7) is 0. The molecule has 10 heteroatoms. The number of benzene rings is 2. The molecule has 1 atom stereocenters. The molecule has 4 rings (SSSR count). The molecule has 2 aromatic heterocycles. The Bertz CT molecular complexity index is 1170. The predicted octanol–water partition coefficient (Wildman–Crippen LogP) is 1.63. The van der Waals surface area contributed by atoms with Crippen LogP contribution in [-0.2, 0) is 0 Å². The zero-order chi connectivity index (χ0) is 20.4. The molecule has 0 bridgehead atoms. The van der Waals surface area contributed by atoms with Gasteiger partial charge in [0.15, 0.2) is 0 Å². The first-order valence-corrected chi connectivity index (χ1v) is 8.63. The third kappa shape index (κ3) is 3.64. The van der Waals surface area contributed by atoms with Gasteiger partial charge in [0.1, 0.15) is 11.9 Å². The second-order valence-electron chi connectivity index (χ2n) is 6.30. The van der Waals surface area contributed by atoms with Crippen molar-refractivity contribution >= 4 is 23.0 Å². The Balaban J connectivity index is 1.72. The highest BCUT2D eigenvalue weighted by atomic mass is 16.5. The number of carbonyl (C=O) groups is 2. The van der Waals surface area contributed by atoms with Crippen molar-refractivity contribution < 1.29 is 14.8 Å². The van der Waals surface area contributed by atoms with Crippen LogP contribution in [0, 0.1) is 0 Å². The smallest absolute Gasteiger partial charge is 0.313 e. The number of primary amides is 1. The number of nitrogens with zero attached hydrogens (tertiary/aromatic N) is 3. The lowest BCUT2D eigenvalue weighted by atomic mass is 10.0. The number of hydrogen-bond donors (Lipinski definition) is 5. The molecule has 0 spiro atoms. The van der Waals surface area contributed by atoms with Gasteiger partial charge in [-0.3, -0.25) is 10.0 Å². The van der Waals surface area contributed by atoms with E-state index in [1.165, 1.54) is 12.1 Å². The number of aromatic amines is 1. The Kier molecular flexibility index (Phi) is 4.67. The van der Waals surface area contributed by atoms with E-state index in [0.717, 1.165) is 11.2 Å². The third-order valence-corrected chi connectivity index (χ3v) is 4.46. The summed E-state index contributed by atoms with van der Waals surface area (Å²) >= 11 is 0. The maximum absolute atomic E-state index is 11.6. The first-order valence-electron chi connectivity index (χ1n) is 8.63. The Hall–Kier alpha value is -4.18. The van der Waals surface area contributed by atoms with Gasteiger partial charge in [-0.1, -0.05) is 12.1 Å². The molecule has 0 aliphatic heterocycles. The molecule has 4 aromatic rings. The second-order valence-corrected chi connectivity index (χ2v) is 6.30. The monoisotopic (exact) mass is 391 g/mol. The van der Waals surface area contributed by atoms with Crippen LogP contribution < -0.4 is 16.5 Å². The average molecular weight is 391 g/mol. The lowest BCUT2D eigenvalue weighted by Gasteiger charge is -2.16. The lowest BCUT2D eigenvalue weighted by Crippen LogP contribution is -2.34. The summed E-state index contributed by atoms with van der Waals surface area (Å²) in [4.78, 5) is 34.9. The summed E-state index contributed by atoms with van der Waals surface area (Å²) in [5.41, 5.74) is 10.2. The van der Waals surface area contributed by atoms with Gasteiger partial charge in [0, 0.05) is 23.6 Å². The SMILES string of the molecule is NC(=O)NC(c1ccc(C(=O)NO)cc1)c1nc2cc(-n3ccnc3)ccc2[nH]1. The predicted molar refractivity (Wildman–Crippen MR) is 103 cm³/mol. The summed E-state index contributed by atoms with van der Waals surface area (Å²) in [6, 6.07) is 10.7. The summed E-state index contributed by atoms with van der Waals surface area (Å²) in [6.07, 6.45) is 5.21. The first-order chi connectivity index (χ1) is 14.0. The van der Waals surface area contributed by atoms with Crippen molar-refractivity contribution in [1.29, 1.82) is 0 Å². The van der Waals surface area contributed by atoms with Crippen LogP contribution in [0.25, 0.3) is 16.7 Å². The maximum atomic E-state index is 11.6. The van der Waals surface area contributed by atoms with Crippen molar-refractivity contribution in [3.8, 4) is 5.69 Å². The normalized spacial score (nSPS) is 11.9. The number of amides is 3. The van der Waals surface area contributed by atoms with E-state index in [0.29, 0.717) is 16.9 Å². The molecule has 6 N–H and O–H groups in total. The number of imidazole rings is 2. The van der Waals surface area contributed by atoms with E-state index in [2.05, 4.69) is 20.3 Å². The number of hydroxylamine groups is 1. The van der Waals surface area contributed by atoms with Gasteiger partial charge in [0.2, 0.25) is 0 Å². The van der Waals surface area contributed by atoms with Gasteiger partial charge in [-0.05, 0) is 35.9 Å². The topological polar surface area (TPSA) is 151 Å². The van der Waals surface area contributed by atoms with E-state index < -0.39 is 18.0 Å². The number of rotatable bonds is 5. The van der Waals surface area contributed by atoms with Gasteiger partial charge < -0.3 is 20.6 Å². The summed E-state index contributed by atoms with van der Waals surface area (Å²) in [5, 5.41) is 11.4. The van der Waals surface area contributed by atoms with Crippen molar-refractivity contribution in [2.24, 2.45) is 5.73 Å². The molecule has 1 unspecified atom stereocenters. The van der Waals surface area contributed by atoms with E-state index in [1.54, 1.807) is 30.1 Å². The Morgan fingerprint density at radius 1 is 1.17 bits per heavy atom. The first kappa shape index (κ1) is 18.2. The van der Waals surface area contributed by atoms with Crippen LogP contribution in [0.5, 0.6) is 0 Å². The molecular weight excluding hydrogens is 374 g/mol. The zero-order valence-corrected chi connectivity index (χ0v) is 15.0. The molecule has 2 aromatic carbocycles. The summed E-state index contributed by atoms with van der Waals surface area (Å²) in [5.74, 6) is -0.146. The molecule has 0 aliphatic rings. The van der Waals surface area contributed by atoms with E-state index in [9.17, 15) is 9.59 Å². The van der Waals surface area contributed by atoms with Crippen molar-refractivity contribution in [2.45, 2.75) is 6.04 Å². The zero-order valence-electron chi connectivity index (χ0n) is 15.0. The number of aromatic nitrogens is 4. The quantitative estimate of drug-likeness (QED) is 0.259. The maximum Gasteiger partial charge on any atom is 0.313 e. The summed E-state index contributed by atoms with van der Waals surface area (Å²) in [7, 11) is 0. The van der Waals surface area contributed by atoms with Crippen LogP contribution in [0.3, 0.4) is 0 Å². The fourth-order valence-corrected chi connectivity index (χ4v) is 3.07. The van der Waals surface area contributed by atoms with Crippen LogP contribution in [0.15, 0.2) is 61.2 Å². The van der Waals surface area contributed by atoms with E-state index in [4.69, 9.17) is 10.9 Å². The van der Waals surface area contributed by atoms with Crippen LogP contribution in [-0.4, -0.2) is 36.7 Å². The second kappa shape index (κ2) is 7.44. The molecule has 0 fully saturated rings. The van der Waals surface area contributed by atoms with E-state index in [-0.39, 0.29) is 5.56 Å². The molecule has 29 heavy (non-hydrogen) atoms. The number of urea groups is 1. The fraction of sp³-hybridized carbons (Fsp3) is 0.0526. The minimum atomic E-state index is -0.716. The van der Waals surface area contributed by atoms with Crippen molar-refractivity contribution in [3.63, 3.8) is 0 Å². The summed E-state index contributed by atoms with van der Waals surface area (Å²) < 4.78 is 1.86. The third-order valence-electron chi connectivity index (χ3n) is 4.46. The minimum absolute atomic E-state index is 0.267. The largest absolute Gasteiger partial charge is 0.352 e. The molecule has 146 valence electrons. The number of nitrogens with one attached hydrogen (secondary N) is 3. The number of carbonyl (C=O) groups excluding carboxylic acids is 2. The highest BCUT2D eigenvalue weighted by Crippen LogP contribution is 2.24. The lowest BCUT2D eigenvalue weighted by molar-refractivity contribution is 0.0706. The molecule has 0 saturated heterocycles. The molecule has 2 heterocycles. The molecule has 3 amide bonds. The fourth-order valence-electron chi connectivity index (χ4n) is 3.07. The molecular formula is C19H17N7O3. The standard InChI is InChI=1S/C19H17N7O3/c20-19(28)24-16(11-1-3-12(4-2-11)18(27)25-29)17-22-14-6-5-13(9-15(14)23-17)26-8-7-21-10-26/h1-10,16,29H,(H,22,23)(H,25,27)(H3,20,24,28). The van der Waals surface area contributed by atoms with Gasteiger partial charge in [-0.25, -0.2) is 20.2 Å². The Morgan fingerprint density at radius 2 is 1.97 bits per heavy atom. The van der Waals surface area contributed by atoms with Gasteiger partial charge in [-0.2, -0.15) is 0 Å². The number of nitrogens with two attached hydrogens (primary N) is 1. The van der Waals surface area contributed by atoms with Crippen LogP contribution >= 0.6 is 0 Å². The highest BCUT2D eigenvalue weighted by Gasteiger charge is 2.20. The molecule has 0 aliphatic carbocycles. The van der Waals surface area contributed by atoms with Crippen molar-refractivity contribution in [2.75, 3.05) is 0 Å². The van der Waals surface area contributed by atoms with Crippen LogP contribution in [0.1, 0.15) is 27.8 Å². The number of fused-ring (bicyclic) bond motifs is 1. The van der Waals surface area contributed by atoms with Gasteiger partial charge in [0.25, 0.3) is 5.91 Å². The Morgan fingerprint density at radius 3 is 2.62 bits per heavy atom. The van der Waals surface area contributed by atoms with Crippen molar-refractivity contribution in [1.82, 2.24) is 30.3 Å². The van der Waals surface area contributed by atoms with Gasteiger partial charge in [-0.15, -0.1) is 0 Å². The number of H-pyrrole nitrogens is 1. The van der Waals surface area contributed by atoms with Crippen LogP contribution in [0.2, 0.25) is 0 Å². The van der Waals surface area contributed by atoms with E-state index in [1.807, 2.05) is 29.0 Å². The van der Waals surface area contributed by atoms with Gasteiger partial charge in [0.05, 0.1) is 17.4 Å². The molecule has 10 nitrogen and oxygen atoms in total. The number of hydrogen-bond acceptors (Lipinski definition) is 5.